The van der Waals surface area contributed by atoms with E-state index in [9.17, 15) is 14.4 Å². The van der Waals surface area contributed by atoms with Gasteiger partial charge in [-0.3, -0.25) is 4.79 Å². The topological polar surface area (TPSA) is 98.6 Å². The summed E-state index contributed by atoms with van der Waals surface area (Å²) in [5.41, 5.74) is 2.78. The number of aromatic nitrogens is 1. The standard InChI is InChI=1S/C24H21NO6/c1-13-10-21(26)31-20-11-16(8-9-17(13)20)29-12-22(27)30-15(3)24(28)23-14(2)25-19-7-5-4-6-18(19)23/h4-11,15,25H,12H2,1-3H3/t15-/m0/s1. The highest BCUT2D eigenvalue weighted by Crippen LogP contribution is 2.24. The van der Waals surface area contributed by atoms with Gasteiger partial charge in [-0.25, -0.2) is 9.59 Å². The highest BCUT2D eigenvalue weighted by atomic mass is 16.6. The van der Waals surface area contributed by atoms with E-state index in [1.807, 2.05) is 38.1 Å². The Kier molecular flexibility index (Phi) is 5.33. The summed E-state index contributed by atoms with van der Waals surface area (Å²) in [5.74, 6) is -0.611. The molecule has 0 bridgehead atoms. The Balaban J connectivity index is 1.42. The van der Waals surface area contributed by atoms with Crippen LogP contribution in [0.25, 0.3) is 21.9 Å². The Bertz CT molecular complexity index is 1360. The smallest absolute Gasteiger partial charge is 0.344 e. The van der Waals surface area contributed by atoms with E-state index >= 15 is 0 Å². The third-order valence-electron chi connectivity index (χ3n) is 5.10. The molecular weight excluding hydrogens is 398 g/mol. The van der Waals surface area contributed by atoms with Gasteiger partial charge in [-0.15, -0.1) is 0 Å². The number of H-pyrrole nitrogens is 1. The summed E-state index contributed by atoms with van der Waals surface area (Å²) in [6, 6.07) is 13.8. The Morgan fingerprint density at radius 1 is 1.06 bits per heavy atom. The number of ether oxygens (including phenoxy) is 2. The zero-order valence-corrected chi connectivity index (χ0v) is 17.4. The van der Waals surface area contributed by atoms with Crippen LogP contribution < -0.4 is 10.4 Å². The van der Waals surface area contributed by atoms with Crippen molar-refractivity contribution in [3.8, 4) is 5.75 Å². The minimum Gasteiger partial charge on any atom is -0.482 e. The summed E-state index contributed by atoms with van der Waals surface area (Å²) in [4.78, 5) is 39.8. The summed E-state index contributed by atoms with van der Waals surface area (Å²) in [7, 11) is 0. The average Bonchev–Trinajstić information content (AvgIpc) is 3.06. The minimum atomic E-state index is -0.966. The summed E-state index contributed by atoms with van der Waals surface area (Å²) in [6.07, 6.45) is -0.966. The van der Waals surface area contributed by atoms with Crippen LogP contribution in [0.1, 0.15) is 28.5 Å². The second-order valence-corrected chi connectivity index (χ2v) is 7.36. The molecule has 0 saturated carbocycles. The SMILES string of the molecule is Cc1[nH]c2ccccc2c1C(=O)[C@H](C)OC(=O)COc1ccc2c(C)cc(=O)oc2c1. The van der Waals surface area contributed by atoms with Crippen molar-refractivity contribution in [2.75, 3.05) is 6.61 Å². The van der Waals surface area contributed by atoms with E-state index in [1.54, 1.807) is 18.2 Å². The Labute approximate surface area is 177 Å². The molecule has 158 valence electrons. The fraction of sp³-hybridized carbons (Fsp3) is 0.208. The lowest BCUT2D eigenvalue weighted by Gasteiger charge is -2.13. The van der Waals surface area contributed by atoms with Crippen LogP contribution in [0, 0.1) is 13.8 Å². The van der Waals surface area contributed by atoms with Crippen molar-refractivity contribution in [3.63, 3.8) is 0 Å². The van der Waals surface area contributed by atoms with Gasteiger partial charge >= 0.3 is 11.6 Å². The van der Waals surface area contributed by atoms with Gasteiger partial charge in [-0.05, 0) is 44.5 Å². The molecule has 0 fully saturated rings. The molecule has 0 aliphatic rings. The number of para-hydroxylation sites is 1. The molecule has 7 nitrogen and oxygen atoms in total. The number of Topliss-reactive ketones (excluding diaryl/α,β-unsaturated/α-hetero) is 1. The summed E-state index contributed by atoms with van der Waals surface area (Å²) in [5, 5.41) is 1.57. The van der Waals surface area contributed by atoms with Gasteiger partial charge in [0.2, 0.25) is 5.78 Å². The lowest BCUT2D eigenvalue weighted by Crippen LogP contribution is -2.27. The van der Waals surface area contributed by atoms with E-state index in [4.69, 9.17) is 13.9 Å². The van der Waals surface area contributed by atoms with E-state index in [1.165, 1.54) is 13.0 Å². The van der Waals surface area contributed by atoms with E-state index in [-0.39, 0.29) is 12.4 Å². The van der Waals surface area contributed by atoms with E-state index in [2.05, 4.69) is 4.98 Å². The molecule has 0 radical (unpaired) electrons. The van der Waals surface area contributed by atoms with Crippen LogP contribution in [0.3, 0.4) is 0 Å². The number of nitrogens with one attached hydrogen (secondary N) is 1. The summed E-state index contributed by atoms with van der Waals surface area (Å²) < 4.78 is 15.9. The number of esters is 1. The number of ketones is 1. The van der Waals surface area contributed by atoms with Crippen molar-refractivity contribution >= 4 is 33.6 Å². The molecule has 31 heavy (non-hydrogen) atoms. The van der Waals surface area contributed by atoms with Crippen molar-refractivity contribution in [1.29, 1.82) is 0 Å². The zero-order chi connectivity index (χ0) is 22.1. The maximum atomic E-state index is 12.9. The molecule has 0 aliphatic heterocycles. The number of fused-ring (bicyclic) bond motifs is 2. The van der Waals surface area contributed by atoms with Crippen LogP contribution >= 0.6 is 0 Å². The molecule has 0 spiro atoms. The predicted molar refractivity (Wildman–Crippen MR) is 116 cm³/mol. The summed E-state index contributed by atoms with van der Waals surface area (Å²) >= 11 is 0. The number of rotatable bonds is 6. The van der Waals surface area contributed by atoms with Crippen molar-refractivity contribution in [2.45, 2.75) is 26.9 Å². The van der Waals surface area contributed by atoms with Gasteiger partial charge in [0, 0.05) is 39.7 Å². The fourth-order valence-corrected chi connectivity index (χ4v) is 3.62. The second kappa shape index (κ2) is 8.10. The van der Waals surface area contributed by atoms with Crippen molar-refractivity contribution in [2.24, 2.45) is 0 Å². The average molecular weight is 419 g/mol. The van der Waals surface area contributed by atoms with Gasteiger partial charge in [0.1, 0.15) is 11.3 Å². The van der Waals surface area contributed by atoms with Crippen LogP contribution in [0.2, 0.25) is 0 Å². The van der Waals surface area contributed by atoms with Crippen LogP contribution in [0.4, 0.5) is 0 Å². The Morgan fingerprint density at radius 3 is 2.65 bits per heavy atom. The first kappa shape index (κ1) is 20.4. The molecule has 2 aromatic carbocycles. The van der Waals surface area contributed by atoms with Gasteiger partial charge in [0.25, 0.3) is 0 Å². The zero-order valence-electron chi connectivity index (χ0n) is 17.4. The number of hydrogen-bond acceptors (Lipinski definition) is 6. The van der Waals surface area contributed by atoms with Crippen molar-refractivity contribution < 1.29 is 23.5 Å². The molecule has 2 aromatic heterocycles. The van der Waals surface area contributed by atoms with Crippen molar-refractivity contribution in [3.05, 3.63) is 75.8 Å². The van der Waals surface area contributed by atoms with Crippen LogP contribution in [-0.2, 0) is 9.53 Å². The molecule has 0 amide bonds. The number of carbonyl (C=O) groups excluding carboxylic acids is 2. The van der Waals surface area contributed by atoms with Gasteiger partial charge < -0.3 is 18.9 Å². The fourth-order valence-electron chi connectivity index (χ4n) is 3.62. The first-order valence-corrected chi connectivity index (χ1v) is 9.82. The third-order valence-corrected chi connectivity index (χ3v) is 5.10. The third kappa shape index (κ3) is 4.07. The van der Waals surface area contributed by atoms with E-state index < -0.39 is 17.7 Å². The van der Waals surface area contributed by atoms with Gasteiger partial charge in [-0.1, -0.05) is 18.2 Å². The van der Waals surface area contributed by atoms with Gasteiger partial charge in [0.15, 0.2) is 12.7 Å². The lowest BCUT2D eigenvalue weighted by atomic mass is 10.0. The molecule has 4 aromatic rings. The maximum absolute atomic E-state index is 12.9. The largest absolute Gasteiger partial charge is 0.482 e. The molecule has 0 saturated heterocycles. The number of aryl methyl sites for hydroxylation is 2. The molecule has 1 atom stereocenters. The molecule has 7 heteroatoms. The molecular formula is C24H21NO6. The molecule has 4 rings (SSSR count). The highest BCUT2D eigenvalue weighted by molar-refractivity contribution is 6.11. The van der Waals surface area contributed by atoms with Crippen LogP contribution in [0.15, 0.2) is 57.7 Å². The summed E-state index contributed by atoms with van der Waals surface area (Å²) in [6.45, 7) is 4.77. The first-order chi connectivity index (χ1) is 14.8. The normalized spacial score (nSPS) is 12.1. The Hall–Kier alpha value is -3.87. The minimum absolute atomic E-state index is 0.286. The molecule has 2 heterocycles. The lowest BCUT2D eigenvalue weighted by molar-refractivity contribution is -0.148. The maximum Gasteiger partial charge on any atom is 0.344 e. The van der Waals surface area contributed by atoms with Crippen LogP contribution in [0.5, 0.6) is 5.75 Å². The number of hydrogen-bond donors (Lipinski definition) is 1. The Morgan fingerprint density at radius 2 is 1.84 bits per heavy atom. The number of aromatic amines is 1. The highest BCUT2D eigenvalue weighted by Gasteiger charge is 2.24. The van der Waals surface area contributed by atoms with Gasteiger partial charge in [0.05, 0.1) is 0 Å². The van der Waals surface area contributed by atoms with E-state index in [0.717, 1.165) is 27.5 Å². The van der Waals surface area contributed by atoms with Crippen molar-refractivity contribution in [1.82, 2.24) is 4.98 Å². The number of carbonyl (C=O) groups is 2. The second-order valence-electron chi connectivity index (χ2n) is 7.36. The first-order valence-electron chi connectivity index (χ1n) is 9.82. The number of benzene rings is 2. The monoisotopic (exact) mass is 419 g/mol. The van der Waals surface area contributed by atoms with Crippen LogP contribution in [-0.4, -0.2) is 29.4 Å². The molecule has 0 unspecified atom stereocenters. The molecule has 0 aliphatic carbocycles. The molecule has 1 N–H and O–H groups in total. The predicted octanol–water partition coefficient (Wildman–Crippen LogP) is 4.08. The van der Waals surface area contributed by atoms with Gasteiger partial charge in [-0.2, -0.15) is 0 Å². The van der Waals surface area contributed by atoms with E-state index in [0.29, 0.717) is 16.9 Å². The quantitative estimate of drug-likeness (QED) is 0.287.